The van der Waals surface area contributed by atoms with Crippen molar-refractivity contribution in [3.63, 3.8) is 0 Å². The van der Waals surface area contributed by atoms with Crippen molar-refractivity contribution in [1.29, 1.82) is 0 Å². The van der Waals surface area contributed by atoms with Crippen molar-refractivity contribution in [1.82, 2.24) is 9.38 Å². The Morgan fingerprint density at radius 1 is 1.37 bits per heavy atom. The van der Waals surface area contributed by atoms with E-state index in [9.17, 15) is 18.0 Å². The van der Waals surface area contributed by atoms with Gasteiger partial charge in [-0.25, -0.2) is 9.78 Å². The fourth-order valence-electron chi connectivity index (χ4n) is 1.78. The molecule has 0 fully saturated rings. The SMILES string of the molecule is O=C(O)c1cn2c(n1)sc1cc(C(F)(F)F)ccc12. The molecule has 0 aliphatic rings. The molecule has 2 heterocycles. The van der Waals surface area contributed by atoms with Gasteiger partial charge in [0.25, 0.3) is 0 Å². The molecule has 0 amide bonds. The average Bonchev–Trinajstić information content (AvgIpc) is 2.83. The predicted octanol–water partition coefficient (Wildman–Crippen LogP) is 3.27. The monoisotopic (exact) mass is 286 g/mol. The predicted molar refractivity (Wildman–Crippen MR) is 62.5 cm³/mol. The number of nitrogens with zero attached hydrogens (tertiary/aromatic N) is 2. The van der Waals surface area contributed by atoms with Crippen molar-refractivity contribution in [2.24, 2.45) is 0 Å². The minimum absolute atomic E-state index is 0.131. The Kier molecular flexibility index (Phi) is 2.33. The van der Waals surface area contributed by atoms with Gasteiger partial charge in [0.05, 0.1) is 15.8 Å². The summed E-state index contributed by atoms with van der Waals surface area (Å²) < 4.78 is 39.6. The first-order valence-corrected chi connectivity index (χ1v) is 5.90. The summed E-state index contributed by atoms with van der Waals surface area (Å²) in [6.45, 7) is 0. The van der Waals surface area contributed by atoms with E-state index in [0.29, 0.717) is 15.2 Å². The molecular weight excluding hydrogens is 281 g/mol. The van der Waals surface area contributed by atoms with Crippen LogP contribution in [0.5, 0.6) is 0 Å². The van der Waals surface area contributed by atoms with Gasteiger partial charge in [0, 0.05) is 6.20 Å². The molecule has 0 aliphatic heterocycles. The second-order valence-corrected chi connectivity index (χ2v) is 4.88. The summed E-state index contributed by atoms with van der Waals surface area (Å²) in [6, 6.07) is 3.32. The van der Waals surface area contributed by atoms with Gasteiger partial charge >= 0.3 is 12.1 Å². The number of carboxylic acid groups (broad SMARTS) is 1. The van der Waals surface area contributed by atoms with Crippen LogP contribution in [0, 0.1) is 0 Å². The minimum Gasteiger partial charge on any atom is -0.476 e. The van der Waals surface area contributed by atoms with Gasteiger partial charge in [-0.1, -0.05) is 11.3 Å². The normalized spacial score (nSPS) is 12.4. The fraction of sp³-hybridized carbons (Fsp3) is 0.0909. The topological polar surface area (TPSA) is 54.6 Å². The lowest BCUT2D eigenvalue weighted by molar-refractivity contribution is -0.137. The number of imidazole rings is 1. The van der Waals surface area contributed by atoms with Crippen LogP contribution in [0.1, 0.15) is 16.1 Å². The first kappa shape index (κ1) is 12.0. The van der Waals surface area contributed by atoms with E-state index in [1.165, 1.54) is 16.7 Å². The standard InChI is InChI=1S/C11H5F3N2O2S/c12-11(13,14)5-1-2-7-8(3-5)19-10-15-6(9(17)18)4-16(7)10/h1-4H,(H,17,18). The number of alkyl halides is 3. The molecule has 19 heavy (non-hydrogen) atoms. The van der Waals surface area contributed by atoms with Crippen LogP contribution >= 0.6 is 11.3 Å². The Morgan fingerprint density at radius 3 is 2.74 bits per heavy atom. The molecule has 1 aromatic carbocycles. The maximum absolute atomic E-state index is 12.6. The third-order valence-corrected chi connectivity index (χ3v) is 3.66. The molecule has 3 rings (SSSR count). The molecule has 0 unspecified atom stereocenters. The van der Waals surface area contributed by atoms with E-state index in [1.54, 1.807) is 0 Å². The van der Waals surface area contributed by atoms with Gasteiger partial charge < -0.3 is 5.11 Å². The summed E-state index contributed by atoms with van der Waals surface area (Å²) in [4.78, 5) is 15.0. The first-order valence-electron chi connectivity index (χ1n) is 5.08. The van der Waals surface area contributed by atoms with Gasteiger partial charge in [0.2, 0.25) is 0 Å². The van der Waals surface area contributed by atoms with Crippen molar-refractivity contribution < 1.29 is 23.1 Å². The minimum atomic E-state index is -4.40. The smallest absolute Gasteiger partial charge is 0.416 e. The van der Waals surface area contributed by atoms with Gasteiger partial charge in [-0.05, 0) is 18.2 Å². The molecular formula is C11H5F3N2O2S. The second-order valence-electron chi connectivity index (χ2n) is 3.87. The summed E-state index contributed by atoms with van der Waals surface area (Å²) in [6.07, 6.45) is -3.10. The summed E-state index contributed by atoms with van der Waals surface area (Å²) in [7, 11) is 0. The van der Waals surface area contributed by atoms with Crippen molar-refractivity contribution in [3.05, 3.63) is 35.7 Å². The number of halogens is 3. The quantitative estimate of drug-likeness (QED) is 0.747. The molecule has 0 aliphatic carbocycles. The summed E-state index contributed by atoms with van der Waals surface area (Å²) >= 11 is 1.02. The van der Waals surface area contributed by atoms with Gasteiger partial charge in [0.1, 0.15) is 0 Å². The van der Waals surface area contributed by atoms with Crippen LogP contribution in [0.3, 0.4) is 0 Å². The lowest BCUT2D eigenvalue weighted by Crippen LogP contribution is -2.03. The highest BCUT2D eigenvalue weighted by atomic mass is 32.1. The number of fused-ring (bicyclic) bond motifs is 3. The van der Waals surface area contributed by atoms with Gasteiger partial charge in [-0.2, -0.15) is 13.2 Å². The molecule has 0 saturated heterocycles. The number of thiazole rings is 1. The molecule has 4 nitrogen and oxygen atoms in total. The van der Waals surface area contributed by atoms with E-state index in [4.69, 9.17) is 5.11 Å². The lowest BCUT2D eigenvalue weighted by atomic mass is 10.2. The second kappa shape index (κ2) is 3.70. The van der Waals surface area contributed by atoms with Crippen molar-refractivity contribution in [2.45, 2.75) is 6.18 Å². The zero-order chi connectivity index (χ0) is 13.8. The zero-order valence-corrected chi connectivity index (χ0v) is 9.92. The number of rotatable bonds is 1. The van der Waals surface area contributed by atoms with E-state index < -0.39 is 17.7 Å². The van der Waals surface area contributed by atoms with Crippen LogP contribution in [-0.4, -0.2) is 20.5 Å². The van der Waals surface area contributed by atoms with E-state index in [0.717, 1.165) is 23.5 Å². The van der Waals surface area contributed by atoms with Crippen molar-refractivity contribution in [3.8, 4) is 0 Å². The highest BCUT2D eigenvalue weighted by Crippen LogP contribution is 2.34. The van der Waals surface area contributed by atoms with Gasteiger partial charge in [-0.15, -0.1) is 0 Å². The Balaban J connectivity index is 2.25. The lowest BCUT2D eigenvalue weighted by Gasteiger charge is -2.05. The maximum Gasteiger partial charge on any atom is 0.416 e. The average molecular weight is 286 g/mol. The van der Waals surface area contributed by atoms with E-state index in [-0.39, 0.29) is 5.69 Å². The summed E-state index contributed by atoms with van der Waals surface area (Å²) in [5.74, 6) is -1.17. The summed E-state index contributed by atoms with van der Waals surface area (Å²) in [5.41, 5.74) is -0.357. The van der Waals surface area contributed by atoms with E-state index >= 15 is 0 Å². The molecule has 0 bridgehead atoms. The first-order chi connectivity index (χ1) is 8.86. The number of carbonyl (C=O) groups is 1. The van der Waals surface area contributed by atoms with E-state index in [1.807, 2.05) is 0 Å². The highest BCUT2D eigenvalue weighted by molar-refractivity contribution is 7.23. The highest BCUT2D eigenvalue weighted by Gasteiger charge is 2.30. The van der Waals surface area contributed by atoms with Crippen molar-refractivity contribution >= 4 is 32.5 Å². The Labute approximate surface area is 107 Å². The molecule has 2 aromatic heterocycles. The van der Waals surface area contributed by atoms with Crippen molar-refractivity contribution in [2.75, 3.05) is 0 Å². The third-order valence-electron chi connectivity index (χ3n) is 2.64. The molecule has 0 saturated carbocycles. The van der Waals surface area contributed by atoms with Gasteiger partial charge in [-0.3, -0.25) is 4.40 Å². The molecule has 0 atom stereocenters. The Hall–Kier alpha value is -2.09. The molecule has 1 N–H and O–H groups in total. The Bertz CT molecular complexity index is 803. The van der Waals surface area contributed by atoms with Crippen LogP contribution in [0.2, 0.25) is 0 Å². The van der Waals surface area contributed by atoms with Crippen LogP contribution in [0.15, 0.2) is 24.4 Å². The zero-order valence-electron chi connectivity index (χ0n) is 9.10. The number of aromatic nitrogens is 2. The Morgan fingerprint density at radius 2 is 2.11 bits per heavy atom. The largest absolute Gasteiger partial charge is 0.476 e. The van der Waals surface area contributed by atoms with Gasteiger partial charge in [0.15, 0.2) is 10.7 Å². The van der Waals surface area contributed by atoms with Crippen LogP contribution < -0.4 is 0 Å². The number of benzene rings is 1. The van der Waals surface area contributed by atoms with Crippen LogP contribution in [0.25, 0.3) is 15.2 Å². The molecule has 98 valence electrons. The molecule has 0 radical (unpaired) electrons. The molecule has 8 heteroatoms. The number of carboxylic acids is 1. The summed E-state index contributed by atoms with van der Waals surface area (Å²) in [5, 5.41) is 8.81. The van der Waals surface area contributed by atoms with E-state index in [2.05, 4.69) is 4.98 Å². The van der Waals surface area contributed by atoms with Crippen LogP contribution in [0.4, 0.5) is 13.2 Å². The third kappa shape index (κ3) is 1.84. The van der Waals surface area contributed by atoms with Crippen LogP contribution in [-0.2, 0) is 6.18 Å². The fourth-order valence-corrected chi connectivity index (χ4v) is 2.83. The number of hydrogen-bond acceptors (Lipinski definition) is 3. The number of hydrogen-bond donors (Lipinski definition) is 1. The number of aromatic carboxylic acids is 1. The maximum atomic E-state index is 12.6. The molecule has 3 aromatic rings. The molecule has 0 spiro atoms.